The number of fused-ring (bicyclic) bond motifs is 1. The summed E-state index contributed by atoms with van der Waals surface area (Å²) >= 11 is 2.91. The largest absolute Gasteiger partial charge is 0.467 e. The third kappa shape index (κ3) is 3.13. The third-order valence-corrected chi connectivity index (χ3v) is 5.35. The molecule has 4 aromatic rings. The van der Waals surface area contributed by atoms with Gasteiger partial charge in [0.05, 0.1) is 19.4 Å². The van der Waals surface area contributed by atoms with Crippen LogP contribution in [0, 0.1) is 0 Å². The van der Waals surface area contributed by atoms with Crippen molar-refractivity contribution >= 4 is 33.5 Å². The fourth-order valence-corrected chi connectivity index (χ4v) is 3.92. The fourth-order valence-electron chi connectivity index (χ4n) is 2.52. The van der Waals surface area contributed by atoms with Crippen molar-refractivity contribution in [2.45, 2.75) is 13.1 Å². The van der Waals surface area contributed by atoms with E-state index in [1.165, 1.54) is 21.9 Å². The standard InChI is InChI=1S/C17H13N3O3S2/c21-15(14-9-18-17-20(16(14)22)5-8-25-17)19(10-12-3-1-6-23-12)11-13-4-2-7-24-13/h1-9H,10-11H2. The van der Waals surface area contributed by atoms with E-state index in [1.54, 1.807) is 40.1 Å². The maximum atomic E-state index is 13.0. The molecule has 0 spiro atoms. The van der Waals surface area contributed by atoms with Gasteiger partial charge in [0, 0.05) is 22.7 Å². The summed E-state index contributed by atoms with van der Waals surface area (Å²) in [7, 11) is 0. The van der Waals surface area contributed by atoms with Crippen molar-refractivity contribution in [3.8, 4) is 0 Å². The lowest BCUT2D eigenvalue weighted by Crippen LogP contribution is -2.34. The molecule has 0 fully saturated rings. The molecule has 4 heterocycles. The molecule has 0 bridgehead atoms. The lowest BCUT2D eigenvalue weighted by atomic mass is 10.2. The lowest BCUT2D eigenvalue weighted by Gasteiger charge is -2.20. The van der Waals surface area contributed by atoms with Crippen LogP contribution in [0.3, 0.4) is 0 Å². The lowest BCUT2D eigenvalue weighted by molar-refractivity contribution is 0.0717. The maximum absolute atomic E-state index is 13.0. The van der Waals surface area contributed by atoms with Crippen LogP contribution >= 0.6 is 22.7 Å². The van der Waals surface area contributed by atoms with E-state index in [0.29, 0.717) is 17.3 Å². The van der Waals surface area contributed by atoms with Gasteiger partial charge in [0.25, 0.3) is 11.5 Å². The number of aromatic nitrogens is 2. The Morgan fingerprint density at radius 1 is 1.20 bits per heavy atom. The second-order valence-corrected chi connectivity index (χ2v) is 7.26. The molecule has 126 valence electrons. The zero-order chi connectivity index (χ0) is 17.2. The number of thiophene rings is 1. The van der Waals surface area contributed by atoms with Crippen molar-refractivity contribution in [2.24, 2.45) is 0 Å². The second kappa shape index (κ2) is 6.66. The summed E-state index contributed by atoms with van der Waals surface area (Å²) in [6, 6.07) is 7.47. The second-order valence-electron chi connectivity index (χ2n) is 5.35. The van der Waals surface area contributed by atoms with E-state index in [0.717, 1.165) is 4.88 Å². The minimum Gasteiger partial charge on any atom is -0.467 e. The van der Waals surface area contributed by atoms with E-state index < -0.39 is 0 Å². The van der Waals surface area contributed by atoms with Crippen LogP contribution in [-0.2, 0) is 13.1 Å². The smallest absolute Gasteiger partial charge is 0.271 e. The zero-order valence-electron chi connectivity index (χ0n) is 13.0. The SMILES string of the molecule is O=C(c1cnc2sccn2c1=O)N(Cc1ccco1)Cc1cccs1. The summed E-state index contributed by atoms with van der Waals surface area (Å²) in [6.07, 6.45) is 4.55. The predicted molar refractivity (Wildman–Crippen MR) is 95.9 cm³/mol. The van der Waals surface area contributed by atoms with Crippen LogP contribution < -0.4 is 5.56 Å². The number of amides is 1. The first-order valence-electron chi connectivity index (χ1n) is 7.51. The van der Waals surface area contributed by atoms with Gasteiger partial charge in [0.1, 0.15) is 11.3 Å². The fraction of sp³-hybridized carbons (Fsp3) is 0.118. The first-order chi connectivity index (χ1) is 12.2. The van der Waals surface area contributed by atoms with Gasteiger partial charge in [0.15, 0.2) is 4.96 Å². The highest BCUT2D eigenvalue weighted by molar-refractivity contribution is 7.15. The van der Waals surface area contributed by atoms with E-state index >= 15 is 0 Å². The highest BCUT2D eigenvalue weighted by Gasteiger charge is 2.22. The minimum atomic E-state index is -0.358. The zero-order valence-corrected chi connectivity index (χ0v) is 14.6. The number of rotatable bonds is 5. The Kier molecular flexibility index (Phi) is 4.21. The van der Waals surface area contributed by atoms with Crippen LogP contribution in [-0.4, -0.2) is 20.2 Å². The molecule has 4 aromatic heterocycles. The van der Waals surface area contributed by atoms with Gasteiger partial charge in [-0.2, -0.15) is 0 Å². The molecule has 4 rings (SSSR count). The molecule has 0 aromatic carbocycles. The maximum Gasteiger partial charge on any atom is 0.271 e. The number of hydrogen-bond donors (Lipinski definition) is 0. The molecule has 25 heavy (non-hydrogen) atoms. The highest BCUT2D eigenvalue weighted by Crippen LogP contribution is 2.17. The Morgan fingerprint density at radius 2 is 2.12 bits per heavy atom. The van der Waals surface area contributed by atoms with Gasteiger partial charge < -0.3 is 9.32 Å². The van der Waals surface area contributed by atoms with Crippen LogP contribution in [0.15, 0.2) is 62.9 Å². The summed E-state index contributed by atoms with van der Waals surface area (Å²) in [5, 5.41) is 3.73. The number of thiazole rings is 1. The van der Waals surface area contributed by atoms with E-state index in [4.69, 9.17) is 4.42 Å². The topological polar surface area (TPSA) is 67.8 Å². The number of nitrogens with zero attached hydrogens (tertiary/aromatic N) is 3. The van der Waals surface area contributed by atoms with E-state index in [9.17, 15) is 9.59 Å². The van der Waals surface area contributed by atoms with Crippen molar-refractivity contribution in [2.75, 3.05) is 0 Å². The van der Waals surface area contributed by atoms with Crippen molar-refractivity contribution in [1.82, 2.24) is 14.3 Å². The summed E-state index contributed by atoms with van der Waals surface area (Å²) in [5.41, 5.74) is -0.300. The Morgan fingerprint density at radius 3 is 2.88 bits per heavy atom. The molecule has 0 radical (unpaired) electrons. The minimum absolute atomic E-state index is 0.0546. The molecule has 0 atom stereocenters. The molecular formula is C17H13N3O3S2. The van der Waals surface area contributed by atoms with E-state index in [1.807, 2.05) is 23.6 Å². The van der Waals surface area contributed by atoms with Crippen LogP contribution in [0.1, 0.15) is 21.0 Å². The van der Waals surface area contributed by atoms with Gasteiger partial charge in [-0.3, -0.25) is 14.0 Å². The average molecular weight is 371 g/mol. The van der Waals surface area contributed by atoms with E-state index in [2.05, 4.69) is 4.98 Å². The molecule has 0 aliphatic carbocycles. The van der Waals surface area contributed by atoms with Crippen molar-refractivity contribution in [1.29, 1.82) is 0 Å². The van der Waals surface area contributed by atoms with Gasteiger partial charge in [0.2, 0.25) is 0 Å². The average Bonchev–Trinajstić information content (AvgIpc) is 3.37. The van der Waals surface area contributed by atoms with Gasteiger partial charge in [-0.05, 0) is 23.6 Å². The van der Waals surface area contributed by atoms with E-state index in [-0.39, 0.29) is 23.6 Å². The van der Waals surface area contributed by atoms with Crippen molar-refractivity contribution in [3.63, 3.8) is 0 Å². The van der Waals surface area contributed by atoms with Crippen molar-refractivity contribution < 1.29 is 9.21 Å². The Bertz CT molecular complexity index is 1010. The van der Waals surface area contributed by atoms with Crippen LogP contribution in [0.5, 0.6) is 0 Å². The molecule has 6 nitrogen and oxygen atoms in total. The molecular weight excluding hydrogens is 358 g/mol. The number of carbonyl (C=O) groups is 1. The van der Waals surface area contributed by atoms with Gasteiger partial charge >= 0.3 is 0 Å². The van der Waals surface area contributed by atoms with Crippen molar-refractivity contribution in [3.05, 3.63) is 80.2 Å². The molecule has 1 amide bonds. The van der Waals surface area contributed by atoms with Crippen LogP contribution in [0.4, 0.5) is 0 Å². The summed E-state index contributed by atoms with van der Waals surface area (Å²) < 4.78 is 6.77. The molecule has 0 aliphatic heterocycles. The summed E-state index contributed by atoms with van der Waals surface area (Å²) in [5.74, 6) is 0.303. The number of furan rings is 1. The molecule has 0 N–H and O–H groups in total. The number of carbonyl (C=O) groups excluding carboxylic acids is 1. The molecule has 0 saturated carbocycles. The third-order valence-electron chi connectivity index (χ3n) is 3.71. The summed E-state index contributed by atoms with van der Waals surface area (Å²) in [6.45, 7) is 0.693. The first kappa shape index (κ1) is 15.8. The Hall–Kier alpha value is -2.71. The number of hydrogen-bond acceptors (Lipinski definition) is 6. The predicted octanol–water partition coefficient (Wildman–Crippen LogP) is 3.25. The van der Waals surface area contributed by atoms with Gasteiger partial charge in [-0.25, -0.2) is 4.98 Å². The van der Waals surface area contributed by atoms with Gasteiger partial charge in [-0.15, -0.1) is 22.7 Å². The normalized spacial score (nSPS) is 11.0. The molecule has 8 heteroatoms. The monoisotopic (exact) mass is 371 g/mol. The first-order valence-corrected chi connectivity index (χ1v) is 9.27. The molecule has 0 aliphatic rings. The summed E-state index contributed by atoms with van der Waals surface area (Å²) in [4.78, 5) is 33.0. The molecule has 0 unspecified atom stereocenters. The highest BCUT2D eigenvalue weighted by atomic mass is 32.1. The van der Waals surface area contributed by atoms with Gasteiger partial charge in [-0.1, -0.05) is 6.07 Å². The Balaban J connectivity index is 1.70. The Labute approximate surface area is 150 Å². The van der Waals surface area contributed by atoms with Crippen LogP contribution in [0.25, 0.3) is 4.96 Å². The van der Waals surface area contributed by atoms with Crippen LogP contribution in [0.2, 0.25) is 0 Å². The quantitative estimate of drug-likeness (QED) is 0.540. The molecule has 0 saturated heterocycles.